The van der Waals surface area contributed by atoms with Crippen LogP contribution in [0.1, 0.15) is 27.2 Å². The van der Waals surface area contributed by atoms with Gasteiger partial charge < -0.3 is 5.11 Å². The smallest absolute Gasteiger partial charge is 0.310 e. The van der Waals surface area contributed by atoms with Crippen molar-refractivity contribution in [2.75, 3.05) is 5.75 Å². The molecule has 4 heteroatoms. The molecule has 12 heavy (non-hydrogen) atoms. The highest BCUT2D eigenvalue weighted by molar-refractivity contribution is 8.13. The summed E-state index contributed by atoms with van der Waals surface area (Å²) >= 11 is 1.07. The molecule has 0 aromatic heterocycles. The Morgan fingerprint density at radius 1 is 1.50 bits per heavy atom. The summed E-state index contributed by atoms with van der Waals surface area (Å²) < 4.78 is 0. The monoisotopic (exact) mass is 190 g/mol. The van der Waals surface area contributed by atoms with Crippen LogP contribution in [0.3, 0.4) is 0 Å². The fourth-order valence-corrected chi connectivity index (χ4v) is 1.43. The van der Waals surface area contributed by atoms with Crippen LogP contribution in [0.5, 0.6) is 0 Å². The van der Waals surface area contributed by atoms with Crippen LogP contribution in [0.25, 0.3) is 0 Å². The van der Waals surface area contributed by atoms with Gasteiger partial charge >= 0.3 is 5.97 Å². The Kier molecular flexibility index (Phi) is 4.31. The molecule has 1 N–H and O–H groups in total. The van der Waals surface area contributed by atoms with Gasteiger partial charge in [0.25, 0.3) is 0 Å². The number of aliphatic carboxylic acids is 1. The zero-order valence-corrected chi connectivity index (χ0v) is 8.40. The highest BCUT2D eigenvalue weighted by Crippen LogP contribution is 2.26. The van der Waals surface area contributed by atoms with E-state index in [1.54, 1.807) is 6.92 Å². The molecule has 0 spiro atoms. The summed E-state index contributed by atoms with van der Waals surface area (Å²) in [5, 5.41) is 8.79. The van der Waals surface area contributed by atoms with Crippen molar-refractivity contribution in [2.24, 2.45) is 5.41 Å². The summed E-state index contributed by atoms with van der Waals surface area (Å²) in [6, 6.07) is 0. The first-order chi connectivity index (χ1) is 5.42. The van der Waals surface area contributed by atoms with E-state index in [2.05, 4.69) is 0 Å². The molecule has 3 nitrogen and oxygen atoms in total. The summed E-state index contributed by atoms with van der Waals surface area (Å²) in [5.74, 6) is -0.479. The highest BCUT2D eigenvalue weighted by atomic mass is 32.2. The topological polar surface area (TPSA) is 54.4 Å². The summed E-state index contributed by atoms with van der Waals surface area (Å²) in [6.45, 7) is 4.92. The largest absolute Gasteiger partial charge is 0.481 e. The van der Waals surface area contributed by atoms with Crippen LogP contribution in [-0.4, -0.2) is 21.9 Å². The maximum absolute atomic E-state index is 10.7. The Morgan fingerprint density at radius 2 is 2.00 bits per heavy atom. The molecule has 0 heterocycles. The molecule has 0 radical (unpaired) electrons. The Hall–Kier alpha value is -0.510. The molecule has 0 aliphatic rings. The van der Waals surface area contributed by atoms with Gasteiger partial charge in [0.2, 0.25) is 0 Å². The molecular formula is C8H14O3S. The number of rotatable bonds is 4. The minimum Gasteiger partial charge on any atom is -0.481 e. The number of thioether (sulfide) groups is 1. The van der Waals surface area contributed by atoms with Gasteiger partial charge in [-0.1, -0.05) is 18.7 Å². The van der Waals surface area contributed by atoms with Crippen LogP contribution in [0.15, 0.2) is 0 Å². The van der Waals surface area contributed by atoms with Crippen molar-refractivity contribution >= 4 is 22.8 Å². The average molecular weight is 190 g/mol. The van der Waals surface area contributed by atoms with E-state index in [4.69, 9.17) is 5.11 Å². The number of carboxylic acid groups (broad SMARTS) is 1. The van der Waals surface area contributed by atoms with E-state index in [0.717, 1.165) is 11.8 Å². The van der Waals surface area contributed by atoms with Crippen molar-refractivity contribution < 1.29 is 14.7 Å². The zero-order valence-electron chi connectivity index (χ0n) is 7.59. The number of carboxylic acids is 1. The molecule has 0 saturated heterocycles. The van der Waals surface area contributed by atoms with E-state index in [1.165, 1.54) is 6.92 Å². The lowest BCUT2D eigenvalue weighted by atomic mass is 9.90. The van der Waals surface area contributed by atoms with Crippen molar-refractivity contribution in [3.8, 4) is 0 Å². The molecule has 0 saturated carbocycles. The second kappa shape index (κ2) is 4.50. The minimum atomic E-state index is -0.834. The standard InChI is InChI=1S/C8H14O3S/c1-4-8(3,7(10)11)5-12-6(2)9/h4-5H2,1-3H3,(H,10,11). The van der Waals surface area contributed by atoms with E-state index < -0.39 is 11.4 Å². The maximum Gasteiger partial charge on any atom is 0.310 e. The molecule has 0 aromatic rings. The van der Waals surface area contributed by atoms with E-state index >= 15 is 0 Å². The lowest BCUT2D eigenvalue weighted by Gasteiger charge is -2.21. The van der Waals surface area contributed by atoms with Gasteiger partial charge in [0.1, 0.15) is 0 Å². The summed E-state index contributed by atoms with van der Waals surface area (Å²) in [6.07, 6.45) is 0.544. The summed E-state index contributed by atoms with van der Waals surface area (Å²) in [7, 11) is 0. The van der Waals surface area contributed by atoms with Crippen molar-refractivity contribution in [1.82, 2.24) is 0 Å². The number of hydrogen-bond donors (Lipinski definition) is 1. The van der Waals surface area contributed by atoms with Gasteiger partial charge in [-0.15, -0.1) is 0 Å². The molecule has 70 valence electrons. The third-order valence-corrected chi connectivity index (χ3v) is 3.08. The average Bonchev–Trinajstić information content (AvgIpc) is 1.99. The number of hydrogen-bond acceptors (Lipinski definition) is 3. The van der Waals surface area contributed by atoms with Gasteiger partial charge in [0.15, 0.2) is 5.12 Å². The molecule has 1 unspecified atom stereocenters. The summed E-state index contributed by atoms with van der Waals surface area (Å²) in [5.41, 5.74) is -0.768. The van der Waals surface area contributed by atoms with Gasteiger partial charge in [-0.3, -0.25) is 9.59 Å². The normalized spacial score (nSPS) is 15.2. The number of carbonyl (C=O) groups excluding carboxylic acids is 1. The van der Waals surface area contributed by atoms with Gasteiger partial charge in [-0.25, -0.2) is 0 Å². The van der Waals surface area contributed by atoms with E-state index in [9.17, 15) is 9.59 Å². The Balaban J connectivity index is 4.15. The molecule has 0 rings (SSSR count). The lowest BCUT2D eigenvalue weighted by Crippen LogP contribution is -2.29. The SMILES string of the molecule is CCC(C)(CSC(C)=O)C(=O)O. The van der Waals surface area contributed by atoms with E-state index in [-0.39, 0.29) is 5.12 Å². The highest BCUT2D eigenvalue weighted by Gasteiger charge is 2.31. The maximum atomic E-state index is 10.7. The Morgan fingerprint density at radius 3 is 2.25 bits per heavy atom. The molecule has 0 aliphatic carbocycles. The molecule has 0 fully saturated rings. The van der Waals surface area contributed by atoms with Gasteiger partial charge in [0, 0.05) is 12.7 Å². The van der Waals surface area contributed by atoms with Crippen LogP contribution in [0.2, 0.25) is 0 Å². The van der Waals surface area contributed by atoms with Crippen molar-refractivity contribution in [2.45, 2.75) is 27.2 Å². The second-order valence-electron chi connectivity index (χ2n) is 3.00. The molecular weight excluding hydrogens is 176 g/mol. The molecule has 0 aliphatic heterocycles. The predicted octanol–water partition coefficient (Wildman–Crippen LogP) is 1.77. The Labute approximate surface area is 76.5 Å². The van der Waals surface area contributed by atoms with Crippen molar-refractivity contribution in [3.63, 3.8) is 0 Å². The minimum absolute atomic E-state index is 0.0316. The number of carbonyl (C=O) groups is 2. The molecule has 0 amide bonds. The first-order valence-corrected chi connectivity index (χ1v) is 4.77. The molecule has 1 atom stereocenters. The fourth-order valence-electron chi connectivity index (χ4n) is 0.576. The summed E-state index contributed by atoms with van der Waals surface area (Å²) in [4.78, 5) is 21.3. The van der Waals surface area contributed by atoms with E-state index in [0.29, 0.717) is 12.2 Å². The van der Waals surface area contributed by atoms with Gasteiger partial charge in [-0.05, 0) is 13.3 Å². The van der Waals surface area contributed by atoms with Crippen molar-refractivity contribution in [1.29, 1.82) is 0 Å². The fraction of sp³-hybridized carbons (Fsp3) is 0.750. The predicted molar refractivity (Wildman–Crippen MR) is 49.2 cm³/mol. The van der Waals surface area contributed by atoms with Gasteiger partial charge in [-0.2, -0.15) is 0 Å². The van der Waals surface area contributed by atoms with Crippen molar-refractivity contribution in [3.05, 3.63) is 0 Å². The van der Waals surface area contributed by atoms with Gasteiger partial charge in [0.05, 0.1) is 5.41 Å². The second-order valence-corrected chi connectivity index (χ2v) is 4.15. The van der Waals surface area contributed by atoms with Crippen LogP contribution in [0, 0.1) is 5.41 Å². The zero-order chi connectivity index (χ0) is 9.78. The quantitative estimate of drug-likeness (QED) is 0.734. The third-order valence-electron chi connectivity index (χ3n) is 1.89. The Bertz CT molecular complexity index is 191. The van der Waals surface area contributed by atoms with Crippen LogP contribution in [-0.2, 0) is 9.59 Å². The lowest BCUT2D eigenvalue weighted by molar-refractivity contribution is -0.146. The first kappa shape index (κ1) is 11.5. The molecule has 0 bridgehead atoms. The van der Waals surface area contributed by atoms with Crippen LogP contribution in [0.4, 0.5) is 0 Å². The van der Waals surface area contributed by atoms with Crippen LogP contribution < -0.4 is 0 Å². The third kappa shape index (κ3) is 3.26. The first-order valence-electron chi connectivity index (χ1n) is 3.79. The molecule has 0 aromatic carbocycles. The van der Waals surface area contributed by atoms with Crippen LogP contribution >= 0.6 is 11.8 Å². The van der Waals surface area contributed by atoms with E-state index in [1.807, 2.05) is 6.92 Å².